The number of likely N-dealkylation sites (tertiary alicyclic amines) is 1. The largest absolute Gasteiger partial charge is 0.449 e. The Hall–Kier alpha value is -3.90. The molecule has 6 heteroatoms. The molecule has 1 saturated heterocycles. The minimum atomic E-state index is -0.195. The van der Waals surface area contributed by atoms with E-state index >= 15 is 0 Å². The number of carbonyl (C=O) groups is 2. The number of aryl methyl sites for hydroxylation is 1. The van der Waals surface area contributed by atoms with E-state index in [0.717, 1.165) is 48.8 Å². The van der Waals surface area contributed by atoms with Crippen molar-refractivity contribution in [2.45, 2.75) is 39.7 Å². The number of carbonyl (C=O) groups excluding carboxylic acids is 2. The summed E-state index contributed by atoms with van der Waals surface area (Å²) < 4.78 is 6.02. The van der Waals surface area contributed by atoms with E-state index < -0.39 is 0 Å². The smallest absolute Gasteiger partial charge is 0.294 e. The van der Waals surface area contributed by atoms with Crippen LogP contribution in [0.25, 0.3) is 6.08 Å². The van der Waals surface area contributed by atoms with Gasteiger partial charge in [0.25, 0.3) is 11.8 Å². The summed E-state index contributed by atoms with van der Waals surface area (Å²) in [5, 5.41) is 3.03. The number of piperidine rings is 1. The van der Waals surface area contributed by atoms with Crippen molar-refractivity contribution in [1.29, 1.82) is 0 Å². The molecule has 0 saturated carbocycles. The highest BCUT2D eigenvalue weighted by molar-refractivity contribution is 6.09. The van der Waals surface area contributed by atoms with Gasteiger partial charge < -0.3 is 15.0 Å². The number of hydrogen-bond acceptors (Lipinski definition) is 4. The second-order valence-electron chi connectivity index (χ2n) is 10.7. The first kappa shape index (κ1) is 26.7. The fourth-order valence-corrected chi connectivity index (χ4v) is 5.27. The predicted octanol–water partition coefficient (Wildman–Crippen LogP) is 5.81. The molecule has 39 heavy (non-hydrogen) atoms. The lowest BCUT2D eigenvalue weighted by Gasteiger charge is -2.30. The van der Waals surface area contributed by atoms with Crippen molar-refractivity contribution in [3.8, 4) is 5.75 Å². The van der Waals surface area contributed by atoms with Crippen LogP contribution in [0.15, 0.2) is 78.6 Å². The van der Waals surface area contributed by atoms with E-state index in [2.05, 4.69) is 29.3 Å². The molecule has 1 atom stereocenters. The van der Waals surface area contributed by atoms with Gasteiger partial charge in [-0.05, 0) is 86.7 Å². The summed E-state index contributed by atoms with van der Waals surface area (Å²) in [6.07, 6.45) is 5.27. The van der Waals surface area contributed by atoms with E-state index in [9.17, 15) is 9.59 Å². The number of fused-ring (bicyclic) bond motifs is 1. The van der Waals surface area contributed by atoms with Crippen LogP contribution >= 0.6 is 0 Å². The van der Waals surface area contributed by atoms with Crippen LogP contribution in [-0.2, 0) is 11.3 Å². The van der Waals surface area contributed by atoms with Crippen molar-refractivity contribution in [3.63, 3.8) is 0 Å². The zero-order valence-corrected chi connectivity index (χ0v) is 22.9. The van der Waals surface area contributed by atoms with Gasteiger partial charge in [-0.15, -0.1) is 0 Å². The van der Waals surface area contributed by atoms with Crippen LogP contribution in [-0.4, -0.2) is 42.9 Å². The van der Waals surface area contributed by atoms with Crippen LogP contribution in [0.5, 0.6) is 5.75 Å². The number of nitrogens with zero attached hydrogens (tertiary/aromatic N) is 2. The zero-order valence-electron chi connectivity index (χ0n) is 22.9. The first-order valence-corrected chi connectivity index (χ1v) is 13.9. The van der Waals surface area contributed by atoms with Crippen molar-refractivity contribution in [2.24, 2.45) is 5.92 Å². The minimum Gasteiger partial charge on any atom is -0.449 e. The standard InChI is InChI=1S/C33H37N3O3/c1-24-10-12-27(13-11-24)23-36-29-8-3-4-9-30(29)39-31(33(36)38)21-26-14-16-28(17-15-26)32(37)34-18-6-20-35-19-5-7-25(2)22-35/h3-4,8-17,21,25H,5-7,18-20,22-23H2,1-2H3,(H,34,37)/b31-21+/t25-/m1/s1. The fourth-order valence-electron chi connectivity index (χ4n) is 5.27. The molecule has 3 aromatic rings. The van der Waals surface area contributed by atoms with Gasteiger partial charge in [-0.2, -0.15) is 0 Å². The maximum atomic E-state index is 13.5. The molecule has 0 unspecified atom stereocenters. The molecule has 0 aromatic heterocycles. The maximum absolute atomic E-state index is 13.5. The molecule has 3 aromatic carbocycles. The molecule has 2 heterocycles. The van der Waals surface area contributed by atoms with Crippen LogP contribution in [0.3, 0.4) is 0 Å². The highest BCUT2D eigenvalue weighted by Crippen LogP contribution is 2.36. The van der Waals surface area contributed by atoms with Gasteiger partial charge in [0.2, 0.25) is 0 Å². The Kier molecular flexibility index (Phi) is 8.42. The molecular weight excluding hydrogens is 486 g/mol. The number of anilines is 1. The second kappa shape index (κ2) is 12.3. The maximum Gasteiger partial charge on any atom is 0.294 e. The van der Waals surface area contributed by atoms with Crippen molar-refractivity contribution in [1.82, 2.24) is 10.2 Å². The van der Waals surface area contributed by atoms with Gasteiger partial charge in [-0.3, -0.25) is 14.5 Å². The highest BCUT2D eigenvalue weighted by Gasteiger charge is 2.30. The van der Waals surface area contributed by atoms with Gasteiger partial charge in [-0.25, -0.2) is 0 Å². The summed E-state index contributed by atoms with van der Waals surface area (Å²) in [6.45, 7) is 8.81. The lowest BCUT2D eigenvalue weighted by atomic mass is 10.0. The SMILES string of the molecule is Cc1ccc(CN2C(=O)/C(=C\c3ccc(C(=O)NCCCN4CCC[C@@H](C)C4)cc3)Oc3ccccc32)cc1. The topological polar surface area (TPSA) is 61.9 Å². The quantitative estimate of drug-likeness (QED) is 0.299. The zero-order chi connectivity index (χ0) is 27.2. The van der Waals surface area contributed by atoms with Crippen LogP contribution in [0.4, 0.5) is 5.69 Å². The van der Waals surface area contributed by atoms with E-state index in [-0.39, 0.29) is 17.6 Å². The molecule has 2 amide bonds. The van der Waals surface area contributed by atoms with E-state index in [0.29, 0.717) is 24.4 Å². The van der Waals surface area contributed by atoms with E-state index in [1.165, 1.54) is 18.4 Å². The molecular formula is C33H37N3O3. The lowest BCUT2D eigenvalue weighted by molar-refractivity contribution is -0.117. The molecule has 2 aliphatic rings. The first-order chi connectivity index (χ1) is 19.0. The summed E-state index contributed by atoms with van der Waals surface area (Å²) >= 11 is 0. The predicted molar refractivity (Wildman–Crippen MR) is 156 cm³/mol. The van der Waals surface area contributed by atoms with Crippen LogP contribution in [0, 0.1) is 12.8 Å². The molecule has 0 spiro atoms. The van der Waals surface area contributed by atoms with Gasteiger partial charge in [0, 0.05) is 18.7 Å². The van der Waals surface area contributed by atoms with Gasteiger partial charge in [0.05, 0.1) is 12.2 Å². The summed E-state index contributed by atoms with van der Waals surface area (Å²) in [4.78, 5) is 30.4. The van der Waals surface area contributed by atoms with Crippen molar-refractivity contribution < 1.29 is 14.3 Å². The van der Waals surface area contributed by atoms with Gasteiger partial charge in [0.1, 0.15) is 0 Å². The third kappa shape index (κ3) is 6.76. The lowest BCUT2D eigenvalue weighted by Crippen LogP contribution is -2.36. The Balaban J connectivity index is 1.22. The van der Waals surface area contributed by atoms with E-state index in [1.54, 1.807) is 23.1 Å². The normalized spacial score (nSPS) is 18.5. The number of ether oxygens (including phenoxy) is 1. The Morgan fingerprint density at radius 3 is 2.59 bits per heavy atom. The molecule has 1 fully saturated rings. The number of rotatable bonds is 8. The Morgan fingerprint density at radius 2 is 1.82 bits per heavy atom. The summed E-state index contributed by atoms with van der Waals surface area (Å²) in [6, 6.07) is 23.0. The summed E-state index contributed by atoms with van der Waals surface area (Å²) in [5.41, 5.74) is 4.37. The van der Waals surface area contributed by atoms with Crippen molar-refractivity contribution in [3.05, 3.63) is 101 Å². The van der Waals surface area contributed by atoms with Crippen molar-refractivity contribution >= 4 is 23.6 Å². The van der Waals surface area contributed by atoms with Crippen molar-refractivity contribution in [2.75, 3.05) is 31.1 Å². The number of amides is 2. The van der Waals surface area contributed by atoms with Gasteiger partial charge in [-0.1, -0.05) is 61.0 Å². The third-order valence-electron chi connectivity index (χ3n) is 7.44. The average molecular weight is 524 g/mol. The monoisotopic (exact) mass is 523 g/mol. The molecule has 2 aliphatic heterocycles. The number of para-hydroxylation sites is 2. The molecule has 0 aliphatic carbocycles. The second-order valence-corrected chi connectivity index (χ2v) is 10.7. The Bertz CT molecular complexity index is 1330. The minimum absolute atomic E-state index is 0.0793. The number of hydrogen-bond donors (Lipinski definition) is 1. The average Bonchev–Trinajstić information content (AvgIpc) is 2.95. The molecule has 0 bridgehead atoms. The summed E-state index contributed by atoms with van der Waals surface area (Å²) in [7, 11) is 0. The highest BCUT2D eigenvalue weighted by atomic mass is 16.5. The third-order valence-corrected chi connectivity index (χ3v) is 7.44. The molecule has 0 radical (unpaired) electrons. The van der Waals surface area contributed by atoms with Crippen LogP contribution in [0.1, 0.15) is 53.2 Å². The fraction of sp³-hybridized carbons (Fsp3) is 0.333. The first-order valence-electron chi connectivity index (χ1n) is 13.9. The van der Waals surface area contributed by atoms with Gasteiger partial charge >= 0.3 is 0 Å². The Morgan fingerprint density at radius 1 is 1.05 bits per heavy atom. The van der Waals surface area contributed by atoms with E-state index in [4.69, 9.17) is 4.74 Å². The molecule has 202 valence electrons. The number of nitrogens with one attached hydrogen (secondary N) is 1. The molecule has 6 nitrogen and oxygen atoms in total. The van der Waals surface area contributed by atoms with Crippen LogP contribution in [0.2, 0.25) is 0 Å². The molecule has 5 rings (SSSR count). The van der Waals surface area contributed by atoms with Gasteiger partial charge in [0.15, 0.2) is 11.5 Å². The van der Waals surface area contributed by atoms with E-state index in [1.807, 2.05) is 55.5 Å². The Labute approximate surface area is 231 Å². The summed E-state index contributed by atoms with van der Waals surface area (Å²) in [5.74, 6) is 1.39. The number of benzene rings is 3. The molecule has 1 N–H and O–H groups in total. The van der Waals surface area contributed by atoms with Crippen LogP contribution < -0.4 is 15.0 Å².